The molecule has 1 aromatic carbocycles. The summed E-state index contributed by atoms with van der Waals surface area (Å²) in [5.41, 5.74) is 5.18. The van der Waals surface area contributed by atoms with E-state index in [-0.39, 0.29) is 0 Å². The zero-order valence-corrected chi connectivity index (χ0v) is 10.0. The molecule has 0 atom stereocenters. The van der Waals surface area contributed by atoms with Gasteiger partial charge in [-0.3, -0.25) is 4.79 Å². The molecule has 2 rings (SSSR count). The zero-order valence-electron chi connectivity index (χ0n) is 6.88. The minimum absolute atomic E-state index is 0.418. The highest BCUT2D eigenvalue weighted by molar-refractivity contribution is 9.10. The van der Waals surface area contributed by atoms with Crippen LogP contribution in [0.25, 0.3) is 10.1 Å². The Morgan fingerprint density at radius 3 is 2.79 bits per heavy atom. The topological polar surface area (TPSA) is 43.1 Å². The van der Waals surface area contributed by atoms with Gasteiger partial charge >= 0.3 is 0 Å². The molecule has 0 aliphatic carbocycles. The van der Waals surface area contributed by atoms with Gasteiger partial charge in [0, 0.05) is 4.47 Å². The van der Waals surface area contributed by atoms with Crippen LogP contribution in [-0.2, 0) is 0 Å². The quantitative estimate of drug-likeness (QED) is 0.859. The molecule has 0 fully saturated rings. The fourth-order valence-electron chi connectivity index (χ4n) is 1.20. The number of nitrogens with two attached hydrogens (primary N) is 1. The molecule has 0 bridgehead atoms. The lowest BCUT2D eigenvalue weighted by atomic mass is 10.2. The number of carbonyl (C=O) groups excluding carboxylic acids is 1. The van der Waals surface area contributed by atoms with Crippen molar-refractivity contribution in [1.82, 2.24) is 0 Å². The van der Waals surface area contributed by atoms with Crippen molar-refractivity contribution in [2.75, 3.05) is 0 Å². The molecule has 0 saturated carbocycles. The van der Waals surface area contributed by atoms with Crippen molar-refractivity contribution in [1.29, 1.82) is 0 Å². The van der Waals surface area contributed by atoms with Crippen LogP contribution in [0.5, 0.6) is 0 Å². The molecular weight excluding hydrogens is 286 g/mol. The summed E-state index contributed by atoms with van der Waals surface area (Å²) < 4.78 is 1.78. The predicted molar refractivity (Wildman–Crippen MR) is 63.1 cm³/mol. The molecule has 14 heavy (non-hydrogen) atoms. The van der Waals surface area contributed by atoms with Crippen molar-refractivity contribution in [3.63, 3.8) is 0 Å². The van der Waals surface area contributed by atoms with E-state index in [1.165, 1.54) is 11.3 Å². The molecule has 72 valence electrons. The molecule has 0 unspecified atom stereocenters. The number of primary amides is 1. The Morgan fingerprint density at radius 1 is 1.43 bits per heavy atom. The van der Waals surface area contributed by atoms with Crippen molar-refractivity contribution in [3.05, 3.63) is 32.6 Å². The van der Waals surface area contributed by atoms with E-state index in [0.29, 0.717) is 9.90 Å². The lowest BCUT2D eigenvalue weighted by Gasteiger charge is -1.93. The number of hydrogen-bond donors (Lipinski definition) is 1. The maximum Gasteiger partial charge on any atom is 0.258 e. The van der Waals surface area contributed by atoms with Crippen molar-refractivity contribution in [3.8, 4) is 0 Å². The van der Waals surface area contributed by atoms with Crippen molar-refractivity contribution >= 4 is 54.9 Å². The number of halogens is 2. The first-order valence-corrected chi connectivity index (χ1v) is 5.75. The van der Waals surface area contributed by atoms with Gasteiger partial charge in [-0.15, -0.1) is 11.3 Å². The van der Waals surface area contributed by atoms with Crippen molar-refractivity contribution < 1.29 is 4.79 Å². The number of rotatable bonds is 1. The summed E-state index contributed by atoms with van der Waals surface area (Å²) in [6.07, 6.45) is 0. The van der Waals surface area contributed by atoms with Crippen LogP contribution < -0.4 is 5.73 Å². The Morgan fingerprint density at radius 2 is 2.14 bits per heavy atom. The van der Waals surface area contributed by atoms with Crippen molar-refractivity contribution in [2.45, 2.75) is 0 Å². The highest BCUT2D eigenvalue weighted by Gasteiger charge is 2.09. The number of thiophene rings is 1. The van der Waals surface area contributed by atoms with Gasteiger partial charge in [0.2, 0.25) is 0 Å². The molecule has 2 nitrogen and oxygen atoms in total. The Kier molecular flexibility index (Phi) is 2.51. The first kappa shape index (κ1) is 9.96. The van der Waals surface area contributed by atoms with Crippen LogP contribution in [0.2, 0.25) is 5.02 Å². The monoisotopic (exact) mass is 289 g/mol. The van der Waals surface area contributed by atoms with E-state index >= 15 is 0 Å². The summed E-state index contributed by atoms with van der Waals surface area (Å²) in [4.78, 5) is 11.5. The van der Waals surface area contributed by atoms with Gasteiger partial charge in [0.25, 0.3) is 5.91 Å². The van der Waals surface area contributed by atoms with Gasteiger partial charge in [0.15, 0.2) is 0 Å². The third-order valence-electron chi connectivity index (χ3n) is 1.78. The number of amides is 1. The molecule has 0 aliphatic rings. The fourth-order valence-corrected chi connectivity index (χ4v) is 3.05. The first-order valence-electron chi connectivity index (χ1n) is 3.76. The van der Waals surface area contributed by atoms with Gasteiger partial charge < -0.3 is 5.73 Å². The SMILES string of the molecule is NC(=O)c1cc2cc(Br)cc(Cl)c2s1. The summed E-state index contributed by atoms with van der Waals surface area (Å²) in [6, 6.07) is 5.45. The molecule has 5 heteroatoms. The molecule has 0 radical (unpaired) electrons. The molecule has 1 amide bonds. The second-order valence-corrected chi connectivity index (χ2v) is 5.16. The van der Waals surface area contributed by atoms with Crippen LogP contribution in [-0.4, -0.2) is 5.91 Å². The molecule has 0 saturated heterocycles. The third kappa shape index (κ3) is 1.65. The highest BCUT2D eigenvalue weighted by Crippen LogP contribution is 2.34. The highest BCUT2D eigenvalue weighted by atomic mass is 79.9. The smallest absolute Gasteiger partial charge is 0.258 e. The summed E-state index contributed by atoms with van der Waals surface area (Å²) >= 11 is 10.7. The van der Waals surface area contributed by atoms with Crippen LogP contribution in [0.15, 0.2) is 22.7 Å². The molecular formula is C9H5BrClNOS. The third-order valence-corrected chi connectivity index (χ3v) is 3.85. The van der Waals surface area contributed by atoms with E-state index in [1.807, 2.05) is 6.07 Å². The van der Waals surface area contributed by atoms with Crippen LogP contribution in [0.1, 0.15) is 9.67 Å². The van der Waals surface area contributed by atoms with Gasteiger partial charge in [-0.05, 0) is 23.6 Å². The maximum absolute atomic E-state index is 10.9. The summed E-state index contributed by atoms with van der Waals surface area (Å²) in [5.74, 6) is -0.418. The van der Waals surface area contributed by atoms with Gasteiger partial charge in [-0.2, -0.15) is 0 Å². The van der Waals surface area contributed by atoms with Gasteiger partial charge in [0.1, 0.15) is 0 Å². The Labute approximate surface area is 97.8 Å². The number of hydrogen-bond acceptors (Lipinski definition) is 2. The normalized spacial score (nSPS) is 10.7. The average Bonchev–Trinajstić information content (AvgIpc) is 2.47. The molecule has 1 aromatic heterocycles. The largest absolute Gasteiger partial charge is 0.365 e. The lowest BCUT2D eigenvalue weighted by Crippen LogP contribution is -2.07. The summed E-state index contributed by atoms with van der Waals surface area (Å²) in [7, 11) is 0. The van der Waals surface area contributed by atoms with E-state index in [1.54, 1.807) is 12.1 Å². The average molecular weight is 291 g/mol. The maximum atomic E-state index is 10.9. The van der Waals surface area contributed by atoms with Crippen LogP contribution in [0.4, 0.5) is 0 Å². The Hall–Kier alpha value is -0.580. The fraction of sp³-hybridized carbons (Fsp3) is 0. The zero-order chi connectivity index (χ0) is 10.3. The molecule has 0 spiro atoms. The van der Waals surface area contributed by atoms with E-state index in [4.69, 9.17) is 17.3 Å². The predicted octanol–water partition coefficient (Wildman–Crippen LogP) is 3.42. The Bertz CT molecular complexity index is 523. The van der Waals surface area contributed by atoms with Crippen LogP contribution >= 0.6 is 38.9 Å². The van der Waals surface area contributed by atoms with Gasteiger partial charge in [-0.25, -0.2) is 0 Å². The van der Waals surface area contributed by atoms with E-state index in [2.05, 4.69) is 15.9 Å². The second-order valence-electron chi connectivity index (χ2n) is 2.78. The van der Waals surface area contributed by atoms with E-state index < -0.39 is 5.91 Å². The molecule has 2 N–H and O–H groups in total. The van der Waals surface area contributed by atoms with Gasteiger partial charge in [0.05, 0.1) is 14.6 Å². The van der Waals surface area contributed by atoms with Crippen molar-refractivity contribution in [2.24, 2.45) is 5.73 Å². The number of carbonyl (C=O) groups is 1. The van der Waals surface area contributed by atoms with Crippen LogP contribution in [0.3, 0.4) is 0 Å². The minimum Gasteiger partial charge on any atom is -0.365 e. The second kappa shape index (κ2) is 3.53. The molecule has 1 heterocycles. The molecule has 2 aromatic rings. The number of fused-ring (bicyclic) bond motifs is 1. The van der Waals surface area contributed by atoms with Crippen LogP contribution in [0, 0.1) is 0 Å². The number of benzene rings is 1. The van der Waals surface area contributed by atoms with E-state index in [9.17, 15) is 4.79 Å². The first-order chi connectivity index (χ1) is 6.58. The summed E-state index contributed by atoms with van der Waals surface area (Å²) in [5, 5.41) is 1.56. The standard InChI is InChI=1S/C9H5BrClNOS/c10-5-1-4-2-7(9(12)13)14-8(4)6(11)3-5/h1-3H,(H2,12,13). The lowest BCUT2D eigenvalue weighted by molar-refractivity contribution is 0.100. The summed E-state index contributed by atoms with van der Waals surface area (Å²) in [6.45, 7) is 0. The van der Waals surface area contributed by atoms with E-state index in [0.717, 1.165) is 14.6 Å². The van der Waals surface area contributed by atoms with Gasteiger partial charge in [-0.1, -0.05) is 27.5 Å². The molecule has 0 aliphatic heterocycles. The minimum atomic E-state index is -0.418. The Balaban J connectivity index is 2.76.